The predicted molar refractivity (Wildman–Crippen MR) is 61.1 cm³/mol. The molecule has 0 aliphatic rings. The lowest BCUT2D eigenvalue weighted by molar-refractivity contribution is 0.201. The molecular formula is C9H16BrN3O. The highest BCUT2D eigenvalue weighted by Gasteiger charge is 2.11. The molecule has 0 radical (unpaired) electrons. The summed E-state index contributed by atoms with van der Waals surface area (Å²) in [5, 5.41) is 0. The number of aromatic nitrogens is 2. The summed E-state index contributed by atoms with van der Waals surface area (Å²) in [7, 11) is 5.71. The minimum Gasteiger partial charge on any atom is -0.383 e. The third-order valence-electron chi connectivity index (χ3n) is 1.96. The molecule has 0 aromatic carbocycles. The molecule has 1 rings (SSSR count). The second-order valence-corrected chi connectivity index (χ2v) is 4.57. The van der Waals surface area contributed by atoms with Gasteiger partial charge >= 0.3 is 0 Å². The van der Waals surface area contributed by atoms with Gasteiger partial charge in [0.25, 0.3) is 0 Å². The molecule has 1 heterocycles. The van der Waals surface area contributed by atoms with Gasteiger partial charge in [0.1, 0.15) is 0 Å². The van der Waals surface area contributed by atoms with Crippen molar-refractivity contribution in [3.8, 4) is 0 Å². The number of anilines is 1. The lowest BCUT2D eigenvalue weighted by Gasteiger charge is -2.20. The second-order valence-electron chi connectivity index (χ2n) is 3.27. The van der Waals surface area contributed by atoms with Crippen LogP contribution in [0.2, 0.25) is 0 Å². The summed E-state index contributed by atoms with van der Waals surface area (Å²) in [6, 6.07) is 0. The fourth-order valence-corrected chi connectivity index (χ4v) is 2.04. The fourth-order valence-electron chi connectivity index (χ4n) is 1.34. The highest BCUT2D eigenvalue weighted by molar-refractivity contribution is 9.09. The van der Waals surface area contributed by atoms with Gasteiger partial charge in [-0.2, -0.15) is 0 Å². The Kier molecular flexibility index (Phi) is 4.41. The van der Waals surface area contributed by atoms with Crippen molar-refractivity contribution in [3.63, 3.8) is 0 Å². The smallest absolute Gasteiger partial charge is 0.204 e. The summed E-state index contributed by atoms with van der Waals surface area (Å²) >= 11 is 3.55. The molecule has 0 aliphatic carbocycles. The first-order valence-electron chi connectivity index (χ1n) is 4.46. The molecule has 80 valence electrons. The van der Waals surface area contributed by atoms with Gasteiger partial charge < -0.3 is 14.2 Å². The van der Waals surface area contributed by atoms with Crippen LogP contribution in [0.4, 0.5) is 5.95 Å². The molecule has 4 nitrogen and oxygen atoms in total. The number of hydrogen-bond donors (Lipinski definition) is 0. The number of aryl methyl sites for hydroxylation is 1. The first kappa shape index (κ1) is 11.5. The molecule has 1 atom stereocenters. The van der Waals surface area contributed by atoms with Crippen LogP contribution in [0.3, 0.4) is 0 Å². The van der Waals surface area contributed by atoms with Gasteiger partial charge in [0.05, 0.1) is 11.4 Å². The van der Waals surface area contributed by atoms with Crippen LogP contribution >= 0.6 is 15.9 Å². The first-order valence-corrected chi connectivity index (χ1v) is 5.38. The highest BCUT2D eigenvalue weighted by Crippen LogP contribution is 2.10. The van der Waals surface area contributed by atoms with Crippen LogP contribution in [-0.2, 0) is 11.8 Å². The van der Waals surface area contributed by atoms with E-state index in [2.05, 4.69) is 25.8 Å². The molecule has 0 spiro atoms. The number of ether oxygens (including phenoxy) is 1. The average Bonchev–Trinajstić information content (AvgIpc) is 2.51. The number of methoxy groups -OCH3 is 1. The largest absolute Gasteiger partial charge is 0.383 e. The normalized spacial score (nSPS) is 12.9. The van der Waals surface area contributed by atoms with Crippen LogP contribution in [0.25, 0.3) is 0 Å². The number of alkyl halides is 1. The Balaban J connectivity index is 2.50. The minimum absolute atomic E-state index is 0.328. The molecule has 0 amide bonds. The first-order chi connectivity index (χ1) is 6.65. The topological polar surface area (TPSA) is 30.3 Å². The summed E-state index contributed by atoms with van der Waals surface area (Å²) in [5.74, 6) is 0.963. The quantitative estimate of drug-likeness (QED) is 0.748. The van der Waals surface area contributed by atoms with E-state index in [4.69, 9.17) is 4.74 Å². The van der Waals surface area contributed by atoms with Crippen molar-refractivity contribution in [1.29, 1.82) is 0 Å². The van der Waals surface area contributed by atoms with E-state index in [9.17, 15) is 0 Å². The number of rotatable bonds is 5. The van der Waals surface area contributed by atoms with Crippen molar-refractivity contribution >= 4 is 21.9 Å². The molecule has 14 heavy (non-hydrogen) atoms. The van der Waals surface area contributed by atoms with Crippen molar-refractivity contribution in [2.45, 2.75) is 4.83 Å². The van der Waals surface area contributed by atoms with E-state index in [0.29, 0.717) is 11.4 Å². The summed E-state index contributed by atoms with van der Waals surface area (Å²) < 4.78 is 7.04. The molecule has 1 aromatic rings. The predicted octanol–water partition coefficient (Wildman–Crippen LogP) is 1.27. The van der Waals surface area contributed by atoms with Crippen molar-refractivity contribution in [2.24, 2.45) is 7.05 Å². The van der Waals surface area contributed by atoms with Crippen LogP contribution < -0.4 is 4.90 Å². The second kappa shape index (κ2) is 5.36. The Morgan fingerprint density at radius 2 is 2.43 bits per heavy atom. The van der Waals surface area contributed by atoms with E-state index in [-0.39, 0.29) is 0 Å². The van der Waals surface area contributed by atoms with Crippen LogP contribution in [-0.4, -0.2) is 41.7 Å². The van der Waals surface area contributed by atoms with Crippen molar-refractivity contribution < 1.29 is 4.74 Å². The molecular weight excluding hydrogens is 246 g/mol. The van der Waals surface area contributed by atoms with E-state index >= 15 is 0 Å². The highest BCUT2D eigenvalue weighted by atomic mass is 79.9. The van der Waals surface area contributed by atoms with E-state index in [1.165, 1.54) is 0 Å². The van der Waals surface area contributed by atoms with Crippen LogP contribution in [0.15, 0.2) is 12.4 Å². The molecule has 0 aliphatic heterocycles. The lowest BCUT2D eigenvalue weighted by atomic mass is 10.4. The Morgan fingerprint density at radius 1 is 1.71 bits per heavy atom. The van der Waals surface area contributed by atoms with Crippen molar-refractivity contribution in [1.82, 2.24) is 9.55 Å². The van der Waals surface area contributed by atoms with E-state index < -0.39 is 0 Å². The Bertz CT molecular complexity index is 277. The zero-order chi connectivity index (χ0) is 10.6. The fraction of sp³-hybridized carbons (Fsp3) is 0.667. The van der Waals surface area contributed by atoms with Crippen LogP contribution in [0.1, 0.15) is 0 Å². The van der Waals surface area contributed by atoms with Gasteiger partial charge in [-0.1, -0.05) is 15.9 Å². The number of halogens is 1. The summed E-state index contributed by atoms with van der Waals surface area (Å²) in [6.45, 7) is 1.58. The zero-order valence-corrected chi connectivity index (χ0v) is 10.4. The maximum atomic E-state index is 5.05. The summed E-state index contributed by atoms with van der Waals surface area (Å²) in [5.41, 5.74) is 0. The van der Waals surface area contributed by atoms with Crippen LogP contribution in [0.5, 0.6) is 0 Å². The van der Waals surface area contributed by atoms with Crippen molar-refractivity contribution in [3.05, 3.63) is 12.4 Å². The molecule has 1 unspecified atom stereocenters. The van der Waals surface area contributed by atoms with Crippen molar-refractivity contribution in [2.75, 3.05) is 32.2 Å². The molecule has 0 saturated heterocycles. The molecule has 0 N–H and O–H groups in total. The Hall–Kier alpha value is -0.550. The SMILES string of the molecule is COCC(Br)CN(C)c1nccn1C. The van der Waals surface area contributed by atoms with Gasteiger partial charge in [0.2, 0.25) is 5.95 Å². The van der Waals surface area contributed by atoms with E-state index in [1.807, 2.05) is 24.9 Å². The van der Waals surface area contributed by atoms with Gasteiger partial charge in [-0.15, -0.1) is 0 Å². The standard InChI is InChI=1S/C9H16BrN3O/c1-12-5-4-11-9(12)13(2)6-8(10)7-14-3/h4-5,8H,6-7H2,1-3H3. The average molecular weight is 262 g/mol. The third kappa shape index (κ3) is 2.99. The van der Waals surface area contributed by atoms with Gasteiger partial charge in [0, 0.05) is 40.1 Å². The van der Waals surface area contributed by atoms with Gasteiger partial charge in [0.15, 0.2) is 0 Å². The van der Waals surface area contributed by atoms with E-state index in [1.54, 1.807) is 13.3 Å². The molecule has 1 aromatic heterocycles. The number of nitrogens with zero attached hydrogens (tertiary/aromatic N) is 3. The zero-order valence-electron chi connectivity index (χ0n) is 8.77. The molecule has 0 fully saturated rings. The maximum absolute atomic E-state index is 5.05. The third-order valence-corrected chi connectivity index (χ3v) is 2.51. The Morgan fingerprint density at radius 3 is 2.93 bits per heavy atom. The van der Waals surface area contributed by atoms with Gasteiger partial charge in [-0.3, -0.25) is 0 Å². The lowest BCUT2D eigenvalue weighted by Crippen LogP contribution is -2.29. The summed E-state index contributed by atoms with van der Waals surface area (Å²) in [6.07, 6.45) is 3.73. The van der Waals surface area contributed by atoms with Gasteiger partial charge in [-0.25, -0.2) is 4.98 Å². The Labute approximate surface area is 93.0 Å². The number of hydrogen-bond acceptors (Lipinski definition) is 3. The monoisotopic (exact) mass is 261 g/mol. The number of imidazole rings is 1. The summed E-state index contributed by atoms with van der Waals surface area (Å²) in [4.78, 5) is 6.68. The molecule has 0 bridgehead atoms. The molecule has 5 heteroatoms. The molecule has 0 saturated carbocycles. The maximum Gasteiger partial charge on any atom is 0.204 e. The van der Waals surface area contributed by atoms with Gasteiger partial charge in [-0.05, 0) is 0 Å². The van der Waals surface area contributed by atoms with Crippen LogP contribution in [0, 0.1) is 0 Å². The minimum atomic E-state index is 0.328. The van der Waals surface area contributed by atoms with E-state index in [0.717, 1.165) is 12.5 Å².